The van der Waals surface area contributed by atoms with Crippen LogP contribution < -0.4 is 4.74 Å². The zero-order valence-electron chi connectivity index (χ0n) is 18.9. The third kappa shape index (κ3) is 5.90. The quantitative estimate of drug-likeness (QED) is 0.305. The van der Waals surface area contributed by atoms with Gasteiger partial charge in [-0.3, -0.25) is 0 Å². The minimum absolute atomic E-state index is 0.163. The van der Waals surface area contributed by atoms with E-state index in [1.807, 2.05) is 54.6 Å². The molecule has 0 radical (unpaired) electrons. The number of halogens is 1. The molecule has 0 saturated carbocycles. The van der Waals surface area contributed by atoms with Crippen molar-refractivity contribution in [3.63, 3.8) is 0 Å². The van der Waals surface area contributed by atoms with Gasteiger partial charge >= 0.3 is 0 Å². The van der Waals surface area contributed by atoms with E-state index in [0.717, 1.165) is 16.7 Å². The highest BCUT2D eigenvalue weighted by atomic mass is 35.5. The molecule has 8 heteroatoms. The van der Waals surface area contributed by atoms with Crippen molar-refractivity contribution in [1.82, 2.24) is 0 Å². The lowest BCUT2D eigenvalue weighted by atomic mass is 9.90. The third-order valence-electron chi connectivity index (χ3n) is 6.11. The molecule has 0 amide bonds. The average Bonchev–Trinajstić information content (AvgIpc) is 2.89. The number of hydrogen-bond acceptors (Lipinski definition) is 7. The van der Waals surface area contributed by atoms with Crippen molar-refractivity contribution >= 4 is 17.3 Å². The van der Waals surface area contributed by atoms with E-state index in [1.54, 1.807) is 18.2 Å². The van der Waals surface area contributed by atoms with Crippen molar-refractivity contribution in [3.8, 4) is 5.75 Å². The molecule has 3 aromatic rings. The molecule has 1 heterocycles. The lowest BCUT2D eigenvalue weighted by Gasteiger charge is -2.40. The highest BCUT2D eigenvalue weighted by Gasteiger charge is 2.44. The van der Waals surface area contributed by atoms with Crippen LogP contribution in [0.3, 0.4) is 0 Å². The van der Waals surface area contributed by atoms with Gasteiger partial charge in [0.05, 0.1) is 12.3 Å². The molecule has 0 bridgehead atoms. The second kappa shape index (κ2) is 11.3. The van der Waals surface area contributed by atoms with Crippen LogP contribution in [0.2, 0.25) is 5.02 Å². The second-order valence-electron chi connectivity index (χ2n) is 8.55. The first-order valence-corrected chi connectivity index (χ1v) is 11.7. The summed E-state index contributed by atoms with van der Waals surface area (Å²) in [6, 6.07) is 22.1. The van der Waals surface area contributed by atoms with Gasteiger partial charge in [0.2, 0.25) is 0 Å². The van der Waals surface area contributed by atoms with Gasteiger partial charge in [-0.15, -0.1) is 0 Å². The molecule has 184 valence electrons. The highest BCUT2D eigenvalue weighted by molar-refractivity contribution is 6.31. The Bertz CT molecular complexity index is 1140. The standard InChI is InChI=1S/C27H28ClNO6/c28-21-11-8-18(27-26(33)25(32)24(31)23(14-30)35-27)13-19(21)12-16-6-9-20(10-7-16)34-15-22(29)17-4-2-1-3-5-17/h1-11,13,23-27,29-33H,12,14-15H2/t23-,24-,25+,26-,27+/m1/s1. The smallest absolute Gasteiger partial charge is 0.130 e. The van der Waals surface area contributed by atoms with Gasteiger partial charge in [-0.1, -0.05) is 66.2 Å². The average molecular weight is 498 g/mol. The van der Waals surface area contributed by atoms with Crippen molar-refractivity contribution < 1.29 is 29.9 Å². The number of benzene rings is 3. The normalized spacial score (nSPS) is 24.2. The van der Waals surface area contributed by atoms with Crippen LogP contribution >= 0.6 is 11.6 Å². The fourth-order valence-corrected chi connectivity index (χ4v) is 4.27. The van der Waals surface area contributed by atoms with Crippen LogP contribution in [-0.4, -0.2) is 63.8 Å². The van der Waals surface area contributed by atoms with E-state index in [1.165, 1.54) is 0 Å². The lowest BCUT2D eigenvalue weighted by Crippen LogP contribution is -2.55. The molecule has 1 aliphatic heterocycles. The van der Waals surface area contributed by atoms with Crippen molar-refractivity contribution in [2.24, 2.45) is 0 Å². The molecule has 0 aromatic heterocycles. The van der Waals surface area contributed by atoms with Crippen LogP contribution in [0.1, 0.15) is 28.4 Å². The Hall–Kier alpha value is -2.78. The number of aliphatic hydroxyl groups excluding tert-OH is 4. The van der Waals surface area contributed by atoms with Gasteiger partial charge in [0.15, 0.2) is 0 Å². The first kappa shape index (κ1) is 25.3. The summed E-state index contributed by atoms with van der Waals surface area (Å²) in [5, 5.41) is 48.7. The highest BCUT2D eigenvalue weighted by Crippen LogP contribution is 2.34. The van der Waals surface area contributed by atoms with Crippen molar-refractivity contribution in [1.29, 1.82) is 5.41 Å². The maximum atomic E-state index is 10.4. The fourth-order valence-electron chi connectivity index (χ4n) is 4.09. The molecule has 1 aliphatic rings. The maximum Gasteiger partial charge on any atom is 0.130 e. The molecule has 7 nitrogen and oxygen atoms in total. The zero-order chi connectivity index (χ0) is 24.9. The Morgan fingerprint density at radius 3 is 2.31 bits per heavy atom. The Kier molecular flexibility index (Phi) is 8.18. The van der Waals surface area contributed by atoms with Crippen molar-refractivity contribution in [2.75, 3.05) is 13.2 Å². The summed E-state index contributed by atoms with van der Waals surface area (Å²) in [6.45, 7) is -0.322. The monoisotopic (exact) mass is 497 g/mol. The Morgan fingerprint density at radius 1 is 0.914 bits per heavy atom. The second-order valence-corrected chi connectivity index (χ2v) is 8.96. The van der Waals surface area contributed by atoms with E-state index in [4.69, 9.17) is 26.5 Å². The lowest BCUT2D eigenvalue weighted by molar-refractivity contribution is -0.231. The van der Waals surface area contributed by atoms with Gasteiger partial charge in [-0.2, -0.15) is 0 Å². The minimum atomic E-state index is -1.44. The Morgan fingerprint density at radius 2 is 1.63 bits per heavy atom. The third-order valence-corrected chi connectivity index (χ3v) is 6.48. The van der Waals surface area contributed by atoms with E-state index in [9.17, 15) is 20.4 Å². The maximum absolute atomic E-state index is 10.4. The van der Waals surface area contributed by atoms with Crippen LogP contribution in [0.15, 0.2) is 72.8 Å². The minimum Gasteiger partial charge on any atom is -0.487 e. The molecule has 0 spiro atoms. The molecule has 5 atom stereocenters. The topological polar surface area (TPSA) is 123 Å². The van der Waals surface area contributed by atoms with Crippen LogP contribution in [-0.2, 0) is 11.2 Å². The van der Waals surface area contributed by atoms with E-state index in [0.29, 0.717) is 28.5 Å². The number of ether oxygens (including phenoxy) is 2. The van der Waals surface area contributed by atoms with E-state index in [-0.39, 0.29) is 6.61 Å². The summed E-state index contributed by atoms with van der Waals surface area (Å²) in [7, 11) is 0. The molecule has 0 unspecified atom stereocenters. The van der Waals surface area contributed by atoms with Gasteiger partial charge in [-0.05, 0) is 46.9 Å². The van der Waals surface area contributed by atoms with E-state index < -0.39 is 37.1 Å². The number of nitrogens with one attached hydrogen (secondary N) is 1. The number of aliphatic hydroxyl groups is 4. The number of hydrogen-bond donors (Lipinski definition) is 5. The molecule has 5 N–H and O–H groups in total. The summed E-state index contributed by atoms with van der Waals surface area (Å²) < 4.78 is 11.4. The number of rotatable bonds is 8. The van der Waals surface area contributed by atoms with Crippen LogP contribution in [0.5, 0.6) is 5.75 Å². The molecular formula is C27H28ClNO6. The van der Waals surface area contributed by atoms with Gasteiger partial charge in [0.25, 0.3) is 0 Å². The molecule has 0 aliphatic carbocycles. The van der Waals surface area contributed by atoms with Crippen molar-refractivity contribution in [2.45, 2.75) is 36.9 Å². The molecule has 35 heavy (non-hydrogen) atoms. The SMILES string of the molecule is N=C(COc1ccc(Cc2cc([C@@H]3O[C@H](CO)[C@@H](O)[C@H](O)[C@H]3O)ccc2Cl)cc1)c1ccccc1. The molecule has 3 aromatic carbocycles. The molecule has 4 rings (SSSR count). The van der Waals surface area contributed by atoms with Crippen LogP contribution in [0, 0.1) is 5.41 Å². The predicted octanol–water partition coefficient (Wildman–Crippen LogP) is 2.89. The summed E-state index contributed by atoms with van der Waals surface area (Å²) >= 11 is 6.42. The van der Waals surface area contributed by atoms with Gasteiger partial charge in [0, 0.05) is 5.02 Å². The summed E-state index contributed by atoms with van der Waals surface area (Å²) in [5.74, 6) is 0.649. The van der Waals surface area contributed by atoms with Gasteiger partial charge in [-0.25, -0.2) is 0 Å². The Labute approximate surface area is 208 Å². The zero-order valence-corrected chi connectivity index (χ0v) is 19.7. The van der Waals surface area contributed by atoms with E-state index >= 15 is 0 Å². The summed E-state index contributed by atoms with van der Waals surface area (Å²) in [6.07, 6.45) is -5.60. The molecule has 1 saturated heterocycles. The summed E-state index contributed by atoms with van der Waals surface area (Å²) in [5.41, 5.74) is 3.56. The predicted molar refractivity (Wildman–Crippen MR) is 132 cm³/mol. The molecule has 1 fully saturated rings. The van der Waals surface area contributed by atoms with Crippen LogP contribution in [0.4, 0.5) is 0 Å². The largest absolute Gasteiger partial charge is 0.487 e. The first-order chi connectivity index (χ1) is 16.9. The summed E-state index contributed by atoms with van der Waals surface area (Å²) in [4.78, 5) is 0. The van der Waals surface area contributed by atoms with Gasteiger partial charge in [0.1, 0.15) is 42.9 Å². The Balaban J connectivity index is 1.43. The van der Waals surface area contributed by atoms with Crippen LogP contribution in [0.25, 0.3) is 0 Å². The van der Waals surface area contributed by atoms with E-state index in [2.05, 4.69) is 0 Å². The molecular weight excluding hydrogens is 470 g/mol. The van der Waals surface area contributed by atoms with Gasteiger partial charge < -0.3 is 35.3 Å². The fraction of sp³-hybridized carbons (Fsp3) is 0.296. The van der Waals surface area contributed by atoms with Crippen molar-refractivity contribution in [3.05, 3.63) is 100 Å². The first-order valence-electron chi connectivity index (χ1n) is 11.3.